The standard InChI is InChI=1S/C12H17N3O/c1-9(11-7-13-14-8-11)15-12(16)6-10-4-2-3-5-10/h2,4,7-10H,3,5-6H2,1H3,(H,13,14)(H,15,16). The van der Waals surface area contributed by atoms with Crippen molar-refractivity contribution in [1.82, 2.24) is 15.5 Å². The Morgan fingerprint density at radius 2 is 2.62 bits per heavy atom. The van der Waals surface area contributed by atoms with Crippen molar-refractivity contribution < 1.29 is 4.79 Å². The van der Waals surface area contributed by atoms with Crippen molar-refractivity contribution in [3.05, 3.63) is 30.1 Å². The van der Waals surface area contributed by atoms with Gasteiger partial charge in [0.2, 0.25) is 5.91 Å². The van der Waals surface area contributed by atoms with Crippen molar-refractivity contribution in [2.75, 3.05) is 0 Å². The molecule has 0 aliphatic heterocycles. The minimum atomic E-state index is 0.0247. The van der Waals surface area contributed by atoms with E-state index in [0.29, 0.717) is 12.3 Å². The molecule has 0 bridgehead atoms. The molecule has 86 valence electrons. The monoisotopic (exact) mass is 219 g/mol. The SMILES string of the molecule is CC(NC(=O)CC1C=CCC1)c1cn[nH]c1. The second-order valence-corrected chi connectivity index (χ2v) is 4.29. The number of H-pyrrole nitrogens is 1. The lowest BCUT2D eigenvalue weighted by atomic mass is 10.0. The van der Waals surface area contributed by atoms with E-state index in [-0.39, 0.29) is 11.9 Å². The predicted octanol–water partition coefficient (Wildman–Crippen LogP) is 1.94. The van der Waals surface area contributed by atoms with Gasteiger partial charge in [0, 0.05) is 18.2 Å². The average molecular weight is 219 g/mol. The van der Waals surface area contributed by atoms with Gasteiger partial charge in [0.05, 0.1) is 12.2 Å². The normalized spacial score (nSPS) is 20.9. The Morgan fingerprint density at radius 3 is 3.25 bits per heavy atom. The summed E-state index contributed by atoms with van der Waals surface area (Å²) in [6, 6.07) is 0.0247. The topological polar surface area (TPSA) is 57.8 Å². The van der Waals surface area contributed by atoms with Crippen LogP contribution in [0.1, 0.15) is 37.8 Å². The lowest BCUT2D eigenvalue weighted by molar-refractivity contribution is -0.122. The van der Waals surface area contributed by atoms with Crippen LogP contribution in [-0.4, -0.2) is 16.1 Å². The molecule has 0 spiro atoms. The van der Waals surface area contributed by atoms with Gasteiger partial charge in [-0.1, -0.05) is 12.2 Å². The van der Waals surface area contributed by atoms with Crippen molar-refractivity contribution in [3.63, 3.8) is 0 Å². The van der Waals surface area contributed by atoms with Crippen LogP contribution in [0.15, 0.2) is 24.5 Å². The number of nitrogens with one attached hydrogen (secondary N) is 2. The molecule has 1 aromatic rings. The summed E-state index contributed by atoms with van der Waals surface area (Å²) in [6.07, 6.45) is 10.6. The number of nitrogens with zero attached hydrogens (tertiary/aromatic N) is 1. The molecule has 0 aromatic carbocycles. The van der Waals surface area contributed by atoms with Gasteiger partial charge < -0.3 is 5.32 Å². The third-order valence-electron chi connectivity index (χ3n) is 2.96. The lowest BCUT2D eigenvalue weighted by Crippen LogP contribution is -2.27. The van der Waals surface area contributed by atoms with Crippen molar-refractivity contribution >= 4 is 5.91 Å². The highest BCUT2D eigenvalue weighted by Gasteiger charge is 2.16. The number of amides is 1. The number of aromatic amines is 1. The van der Waals surface area contributed by atoms with E-state index in [1.54, 1.807) is 12.4 Å². The molecule has 1 aliphatic rings. The second-order valence-electron chi connectivity index (χ2n) is 4.29. The van der Waals surface area contributed by atoms with Crippen molar-refractivity contribution in [2.45, 2.75) is 32.2 Å². The maximum absolute atomic E-state index is 11.7. The Hall–Kier alpha value is -1.58. The third kappa shape index (κ3) is 2.72. The maximum Gasteiger partial charge on any atom is 0.221 e. The molecule has 1 aromatic heterocycles. The Bertz CT molecular complexity index is 370. The summed E-state index contributed by atoms with van der Waals surface area (Å²) in [5, 5.41) is 9.59. The highest BCUT2D eigenvalue weighted by molar-refractivity contribution is 5.76. The van der Waals surface area contributed by atoms with Gasteiger partial charge in [-0.05, 0) is 25.7 Å². The zero-order valence-corrected chi connectivity index (χ0v) is 9.44. The zero-order valence-electron chi connectivity index (χ0n) is 9.44. The molecular formula is C12H17N3O. The molecule has 2 N–H and O–H groups in total. The maximum atomic E-state index is 11.7. The van der Waals surface area contributed by atoms with Gasteiger partial charge in [0.1, 0.15) is 0 Å². The van der Waals surface area contributed by atoms with Crippen LogP contribution in [-0.2, 0) is 4.79 Å². The van der Waals surface area contributed by atoms with E-state index < -0.39 is 0 Å². The Morgan fingerprint density at radius 1 is 1.75 bits per heavy atom. The number of hydrogen-bond acceptors (Lipinski definition) is 2. The van der Waals surface area contributed by atoms with E-state index in [9.17, 15) is 4.79 Å². The Balaban J connectivity index is 1.80. The van der Waals surface area contributed by atoms with Crippen LogP contribution in [0.4, 0.5) is 0 Å². The summed E-state index contributed by atoms with van der Waals surface area (Å²) in [6.45, 7) is 1.97. The minimum Gasteiger partial charge on any atom is -0.349 e. The number of carbonyl (C=O) groups is 1. The van der Waals surface area contributed by atoms with E-state index in [1.165, 1.54) is 0 Å². The van der Waals surface area contributed by atoms with Gasteiger partial charge in [0.25, 0.3) is 0 Å². The highest BCUT2D eigenvalue weighted by atomic mass is 16.1. The fraction of sp³-hybridized carbons (Fsp3) is 0.500. The molecule has 0 radical (unpaired) electrons. The zero-order chi connectivity index (χ0) is 11.4. The van der Waals surface area contributed by atoms with Crippen LogP contribution in [0.2, 0.25) is 0 Å². The van der Waals surface area contributed by atoms with Crippen molar-refractivity contribution in [1.29, 1.82) is 0 Å². The van der Waals surface area contributed by atoms with Crippen molar-refractivity contribution in [2.24, 2.45) is 5.92 Å². The molecule has 2 unspecified atom stereocenters. The van der Waals surface area contributed by atoms with E-state index in [1.807, 2.05) is 6.92 Å². The van der Waals surface area contributed by atoms with Crippen LogP contribution in [0.3, 0.4) is 0 Å². The number of rotatable bonds is 4. The van der Waals surface area contributed by atoms with Crippen LogP contribution in [0.5, 0.6) is 0 Å². The number of carbonyl (C=O) groups excluding carboxylic acids is 1. The van der Waals surface area contributed by atoms with Crippen LogP contribution in [0, 0.1) is 5.92 Å². The second kappa shape index (κ2) is 4.96. The summed E-state index contributed by atoms with van der Waals surface area (Å²) < 4.78 is 0. The van der Waals surface area contributed by atoms with Gasteiger partial charge >= 0.3 is 0 Å². The van der Waals surface area contributed by atoms with Gasteiger partial charge in [-0.2, -0.15) is 5.10 Å². The first-order valence-electron chi connectivity index (χ1n) is 5.70. The summed E-state index contributed by atoms with van der Waals surface area (Å²) >= 11 is 0. The predicted molar refractivity (Wildman–Crippen MR) is 61.6 cm³/mol. The van der Waals surface area contributed by atoms with E-state index in [4.69, 9.17) is 0 Å². The Kier molecular flexibility index (Phi) is 3.39. The number of hydrogen-bond donors (Lipinski definition) is 2. The summed E-state index contributed by atoms with van der Waals surface area (Å²) in [5.74, 6) is 0.543. The molecule has 1 aliphatic carbocycles. The highest BCUT2D eigenvalue weighted by Crippen LogP contribution is 2.20. The minimum absolute atomic E-state index is 0.0247. The first-order chi connectivity index (χ1) is 7.75. The summed E-state index contributed by atoms with van der Waals surface area (Å²) in [5.41, 5.74) is 1.01. The molecule has 0 fully saturated rings. The fourth-order valence-corrected chi connectivity index (χ4v) is 1.98. The molecule has 4 nitrogen and oxygen atoms in total. The first kappa shape index (κ1) is 10.9. The van der Waals surface area contributed by atoms with E-state index in [2.05, 4.69) is 27.7 Å². The first-order valence-corrected chi connectivity index (χ1v) is 5.70. The summed E-state index contributed by atoms with van der Waals surface area (Å²) in [4.78, 5) is 11.7. The molecular weight excluding hydrogens is 202 g/mol. The quantitative estimate of drug-likeness (QED) is 0.760. The smallest absolute Gasteiger partial charge is 0.221 e. The van der Waals surface area contributed by atoms with E-state index in [0.717, 1.165) is 18.4 Å². The lowest BCUT2D eigenvalue weighted by Gasteiger charge is -2.13. The summed E-state index contributed by atoms with van der Waals surface area (Å²) in [7, 11) is 0. The molecule has 0 saturated heterocycles. The largest absolute Gasteiger partial charge is 0.349 e. The van der Waals surface area contributed by atoms with Crippen LogP contribution in [0.25, 0.3) is 0 Å². The van der Waals surface area contributed by atoms with Gasteiger partial charge in [0.15, 0.2) is 0 Å². The van der Waals surface area contributed by atoms with Gasteiger partial charge in [-0.15, -0.1) is 0 Å². The molecule has 1 heterocycles. The van der Waals surface area contributed by atoms with E-state index >= 15 is 0 Å². The molecule has 0 saturated carbocycles. The van der Waals surface area contributed by atoms with Crippen LogP contribution >= 0.6 is 0 Å². The Labute approximate surface area is 95.1 Å². The van der Waals surface area contributed by atoms with Crippen molar-refractivity contribution in [3.8, 4) is 0 Å². The van der Waals surface area contributed by atoms with Crippen LogP contribution < -0.4 is 5.32 Å². The average Bonchev–Trinajstić information content (AvgIpc) is 2.88. The number of aromatic nitrogens is 2. The molecule has 16 heavy (non-hydrogen) atoms. The molecule has 1 amide bonds. The number of allylic oxidation sites excluding steroid dienone is 2. The third-order valence-corrected chi connectivity index (χ3v) is 2.96. The molecule has 2 rings (SSSR count). The fourth-order valence-electron chi connectivity index (χ4n) is 1.98. The van der Waals surface area contributed by atoms with Gasteiger partial charge in [-0.3, -0.25) is 9.89 Å². The van der Waals surface area contributed by atoms with Gasteiger partial charge in [-0.25, -0.2) is 0 Å². The molecule has 2 atom stereocenters. The molecule has 4 heteroatoms.